The van der Waals surface area contributed by atoms with E-state index in [4.69, 9.17) is 4.74 Å². The van der Waals surface area contributed by atoms with Crippen LogP contribution in [0.1, 0.15) is 20.8 Å². The maximum Gasteiger partial charge on any atom is 0.410 e. The van der Waals surface area contributed by atoms with Crippen molar-refractivity contribution in [3.63, 3.8) is 0 Å². The first-order chi connectivity index (χ1) is 12.4. The van der Waals surface area contributed by atoms with Gasteiger partial charge in [0.15, 0.2) is 0 Å². The molecule has 1 aromatic heterocycles. The van der Waals surface area contributed by atoms with E-state index in [1.165, 1.54) is 16.1 Å². The standard InChI is InChI=1S/C21H26N2O2S/c1-21(2,3)25-20(24)23-12-17-10-22(11-18(17)13-23)19-9-16(14-26-19)15-7-5-4-6-8-15/h4-9,14,17-18H,10-13H2,1-3H3. The van der Waals surface area contributed by atoms with Crippen molar-refractivity contribution in [2.24, 2.45) is 11.8 Å². The average Bonchev–Trinajstić information content (AvgIpc) is 3.28. The van der Waals surface area contributed by atoms with Gasteiger partial charge in [-0.15, -0.1) is 11.3 Å². The van der Waals surface area contributed by atoms with Crippen molar-refractivity contribution in [1.82, 2.24) is 4.90 Å². The van der Waals surface area contributed by atoms with E-state index in [9.17, 15) is 4.79 Å². The lowest BCUT2D eigenvalue weighted by Crippen LogP contribution is -2.37. The molecule has 26 heavy (non-hydrogen) atoms. The molecule has 2 atom stereocenters. The number of amides is 1. The van der Waals surface area contributed by atoms with Gasteiger partial charge in [-0.1, -0.05) is 30.3 Å². The van der Waals surface area contributed by atoms with Gasteiger partial charge in [0, 0.05) is 43.4 Å². The van der Waals surface area contributed by atoms with Gasteiger partial charge in [-0.25, -0.2) is 4.79 Å². The Labute approximate surface area is 159 Å². The number of carbonyl (C=O) groups excluding carboxylic acids is 1. The van der Waals surface area contributed by atoms with Crippen LogP contribution in [0, 0.1) is 11.8 Å². The second kappa shape index (κ2) is 6.62. The van der Waals surface area contributed by atoms with Crippen LogP contribution in [-0.4, -0.2) is 42.8 Å². The molecule has 2 fully saturated rings. The van der Waals surface area contributed by atoms with Crippen molar-refractivity contribution < 1.29 is 9.53 Å². The maximum absolute atomic E-state index is 12.3. The zero-order valence-electron chi connectivity index (χ0n) is 15.6. The Morgan fingerprint density at radius 3 is 2.31 bits per heavy atom. The number of hydrogen-bond donors (Lipinski definition) is 0. The summed E-state index contributed by atoms with van der Waals surface area (Å²) in [4.78, 5) is 16.7. The second-order valence-electron chi connectivity index (χ2n) is 8.35. The molecular formula is C21H26N2O2S. The van der Waals surface area contributed by atoms with Crippen LogP contribution in [0.4, 0.5) is 9.80 Å². The predicted molar refractivity (Wildman–Crippen MR) is 107 cm³/mol. The molecule has 2 aliphatic heterocycles. The van der Waals surface area contributed by atoms with Crippen molar-refractivity contribution in [2.45, 2.75) is 26.4 Å². The Morgan fingerprint density at radius 1 is 1.04 bits per heavy atom. The van der Waals surface area contributed by atoms with E-state index in [1.54, 1.807) is 0 Å². The Morgan fingerprint density at radius 2 is 1.69 bits per heavy atom. The number of hydrogen-bond acceptors (Lipinski definition) is 4. The highest BCUT2D eigenvalue weighted by Crippen LogP contribution is 2.38. The fourth-order valence-corrected chi connectivity index (χ4v) is 4.87. The van der Waals surface area contributed by atoms with Crippen LogP contribution in [0.25, 0.3) is 11.1 Å². The number of fused-ring (bicyclic) bond motifs is 1. The molecule has 1 amide bonds. The van der Waals surface area contributed by atoms with E-state index in [0.717, 1.165) is 26.2 Å². The van der Waals surface area contributed by atoms with Crippen LogP contribution >= 0.6 is 11.3 Å². The lowest BCUT2D eigenvalue weighted by Gasteiger charge is -2.26. The first-order valence-corrected chi connectivity index (χ1v) is 10.1. The van der Waals surface area contributed by atoms with Crippen LogP contribution < -0.4 is 4.90 Å². The highest BCUT2D eigenvalue weighted by Gasteiger charge is 2.43. The molecule has 2 unspecified atom stereocenters. The molecule has 0 N–H and O–H groups in total. The number of benzene rings is 1. The summed E-state index contributed by atoms with van der Waals surface area (Å²) in [6.45, 7) is 9.44. The monoisotopic (exact) mass is 370 g/mol. The van der Waals surface area contributed by atoms with Gasteiger partial charge in [0.25, 0.3) is 0 Å². The van der Waals surface area contributed by atoms with Gasteiger partial charge >= 0.3 is 6.09 Å². The third-order valence-electron chi connectivity index (χ3n) is 5.14. The summed E-state index contributed by atoms with van der Waals surface area (Å²) in [6, 6.07) is 12.8. The number of nitrogens with zero attached hydrogens (tertiary/aromatic N) is 2. The first-order valence-electron chi connectivity index (χ1n) is 9.26. The average molecular weight is 371 g/mol. The zero-order valence-corrected chi connectivity index (χ0v) is 16.5. The maximum atomic E-state index is 12.3. The topological polar surface area (TPSA) is 32.8 Å². The van der Waals surface area contributed by atoms with Gasteiger partial charge in [0.1, 0.15) is 5.60 Å². The molecule has 3 heterocycles. The highest BCUT2D eigenvalue weighted by molar-refractivity contribution is 7.14. The van der Waals surface area contributed by atoms with E-state index in [-0.39, 0.29) is 6.09 Å². The molecule has 0 bridgehead atoms. The molecule has 138 valence electrons. The van der Waals surface area contributed by atoms with Crippen LogP contribution in [-0.2, 0) is 4.74 Å². The van der Waals surface area contributed by atoms with E-state index >= 15 is 0 Å². The molecule has 0 radical (unpaired) electrons. The van der Waals surface area contributed by atoms with E-state index < -0.39 is 5.60 Å². The van der Waals surface area contributed by atoms with Crippen molar-refractivity contribution in [1.29, 1.82) is 0 Å². The minimum Gasteiger partial charge on any atom is -0.444 e. The summed E-state index contributed by atoms with van der Waals surface area (Å²) in [7, 11) is 0. The Balaban J connectivity index is 1.38. The molecule has 5 heteroatoms. The van der Waals surface area contributed by atoms with E-state index in [2.05, 4.69) is 46.7 Å². The Kier molecular flexibility index (Phi) is 4.43. The number of likely N-dealkylation sites (tertiary alicyclic amines) is 1. The molecule has 2 aromatic rings. The largest absolute Gasteiger partial charge is 0.444 e. The molecule has 2 saturated heterocycles. The van der Waals surface area contributed by atoms with Gasteiger partial charge in [-0.2, -0.15) is 0 Å². The first kappa shape index (κ1) is 17.4. The molecule has 0 saturated carbocycles. The van der Waals surface area contributed by atoms with Crippen molar-refractivity contribution >= 4 is 22.4 Å². The summed E-state index contributed by atoms with van der Waals surface area (Å²) in [5, 5.41) is 3.58. The summed E-state index contributed by atoms with van der Waals surface area (Å²) in [5.41, 5.74) is 2.13. The van der Waals surface area contributed by atoms with Crippen molar-refractivity contribution in [2.75, 3.05) is 31.1 Å². The van der Waals surface area contributed by atoms with Gasteiger partial charge in [-0.3, -0.25) is 0 Å². The Hall–Kier alpha value is -2.01. The number of ether oxygens (including phenoxy) is 1. The second-order valence-corrected chi connectivity index (χ2v) is 9.24. The van der Waals surface area contributed by atoms with Crippen molar-refractivity contribution in [3.05, 3.63) is 41.8 Å². The fraction of sp³-hybridized carbons (Fsp3) is 0.476. The minimum absolute atomic E-state index is 0.166. The summed E-state index contributed by atoms with van der Waals surface area (Å²) in [5.74, 6) is 1.09. The lowest BCUT2D eigenvalue weighted by molar-refractivity contribution is 0.0282. The number of carbonyl (C=O) groups is 1. The normalized spacial score (nSPS) is 22.6. The molecule has 4 rings (SSSR count). The van der Waals surface area contributed by atoms with Crippen molar-refractivity contribution in [3.8, 4) is 11.1 Å². The van der Waals surface area contributed by atoms with Crippen LogP contribution in [0.5, 0.6) is 0 Å². The molecule has 0 aliphatic carbocycles. The summed E-state index contributed by atoms with van der Waals surface area (Å²) < 4.78 is 5.53. The molecule has 4 nitrogen and oxygen atoms in total. The molecule has 1 aromatic carbocycles. The van der Waals surface area contributed by atoms with Crippen LogP contribution in [0.2, 0.25) is 0 Å². The Bertz CT molecular complexity index is 767. The van der Waals surface area contributed by atoms with Crippen LogP contribution in [0.3, 0.4) is 0 Å². The van der Waals surface area contributed by atoms with Gasteiger partial charge < -0.3 is 14.5 Å². The summed E-state index contributed by atoms with van der Waals surface area (Å²) in [6.07, 6.45) is -0.166. The third kappa shape index (κ3) is 3.58. The van der Waals surface area contributed by atoms with E-state index in [0.29, 0.717) is 11.8 Å². The van der Waals surface area contributed by atoms with E-state index in [1.807, 2.05) is 37.0 Å². The highest BCUT2D eigenvalue weighted by atomic mass is 32.1. The van der Waals surface area contributed by atoms with Gasteiger partial charge in [0.2, 0.25) is 0 Å². The quantitative estimate of drug-likeness (QED) is 0.767. The van der Waals surface area contributed by atoms with Gasteiger partial charge in [-0.05, 0) is 38.0 Å². The number of anilines is 1. The third-order valence-corrected chi connectivity index (χ3v) is 6.13. The SMILES string of the molecule is CC(C)(C)OC(=O)N1CC2CN(c3cc(-c4ccccc4)cs3)CC2C1. The number of rotatable bonds is 2. The minimum atomic E-state index is -0.425. The predicted octanol–water partition coefficient (Wildman–Crippen LogP) is 4.72. The fourth-order valence-electron chi connectivity index (χ4n) is 3.92. The van der Waals surface area contributed by atoms with Gasteiger partial charge in [0.05, 0.1) is 5.00 Å². The molecule has 2 aliphatic rings. The zero-order chi connectivity index (χ0) is 18.3. The number of thiophene rings is 1. The van der Waals surface area contributed by atoms with Crippen LogP contribution in [0.15, 0.2) is 41.8 Å². The summed E-state index contributed by atoms with van der Waals surface area (Å²) >= 11 is 1.82. The lowest BCUT2D eigenvalue weighted by atomic mass is 10.0. The smallest absolute Gasteiger partial charge is 0.410 e. The molecular weight excluding hydrogens is 344 g/mol. The molecule has 0 spiro atoms.